The van der Waals surface area contributed by atoms with E-state index in [2.05, 4.69) is 15.4 Å². The number of hydrogen-bond donors (Lipinski definition) is 1. The third-order valence-corrected chi connectivity index (χ3v) is 7.27. The van der Waals surface area contributed by atoms with Gasteiger partial charge in [0.1, 0.15) is 5.75 Å². The number of carbonyl (C=O) groups excluding carboxylic acids is 1. The van der Waals surface area contributed by atoms with E-state index in [1.165, 1.54) is 11.3 Å². The highest BCUT2D eigenvalue weighted by Crippen LogP contribution is 2.30. The SMILES string of the molecule is COc1ccc(CCOc2nc(-c3ccc(Cl)c(Cl)c3)n(-c3ccc(NC(=O)c4cccs4)cc3)n2)cc1. The van der Waals surface area contributed by atoms with Crippen LogP contribution in [0.15, 0.2) is 84.2 Å². The fourth-order valence-electron chi connectivity index (χ4n) is 3.70. The van der Waals surface area contributed by atoms with E-state index < -0.39 is 0 Å². The van der Waals surface area contributed by atoms with Crippen LogP contribution in [0.5, 0.6) is 11.8 Å². The molecule has 1 N–H and O–H groups in total. The topological polar surface area (TPSA) is 78.3 Å². The van der Waals surface area contributed by atoms with E-state index in [0.29, 0.717) is 39.5 Å². The Morgan fingerprint density at radius 3 is 2.47 bits per heavy atom. The molecule has 7 nitrogen and oxygen atoms in total. The highest BCUT2D eigenvalue weighted by Gasteiger charge is 2.16. The summed E-state index contributed by atoms with van der Waals surface area (Å²) in [6.45, 7) is 0.394. The third-order valence-electron chi connectivity index (χ3n) is 5.66. The summed E-state index contributed by atoms with van der Waals surface area (Å²) in [6.07, 6.45) is 0.680. The second kappa shape index (κ2) is 11.7. The first-order valence-corrected chi connectivity index (χ1v) is 13.3. The smallest absolute Gasteiger partial charge is 0.336 e. The molecule has 0 aliphatic rings. The molecule has 2 heterocycles. The summed E-state index contributed by atoms with van der Waals surface area (Å²) in [6, 6.07) is 24.3. The third kappa shape index (κ3) is 5.99. The molecular weight excluding hydrogens is 543 g/mol. The number of rotatable bonds is 9. The van der Waals surface area contributed by atoms with Gasteiger partial charge in [0, 0.05) is 17.7 Å². The van der Waals surface area contributed by atoms with Crippen molar-refractivity contribution in [3.05, 3.63) is 105 Å². The summed E-state index contributed by atoms with van der Waals surface area (Å²) >= 11 is 13.8. The molecular formula is C28H22Cl2N4O3S. The highest BCUT2D eigenvalue weighted by molar-refractivity contribution is 7.12. The fraction of sp³-hybridized carbons (Fsp3) is 0.107. The van der Waals surface area contributed by atoms with E-state index in [0.717, 1.165) is 22.6 Å². The molecule has 192 valence electrons. The van der Waals surface area contributed by atoms with Crippen LogP contribution >= 0.6 is 34.5 Å². The van der Waals surface area contributed by atoms with Crippen molar-refractivity contribution in [2.24, 2.45) is 0 Å². The van der Waals surface area contributed by atoms with E-state index in [9.17, 15) is 4.79 Å². The van der Waals surface area contributed by atoms with Gasteiger partial charge >= 0.3 is 6.01 Å². The van der Waals surface area contributed by atoms with E-state index >= 15 is 0 Å². The van der Waals surface area contributed by atoms with E-state index in [4.69, 9.17) is 32.7 Å². The van der Waals surface area contributed by atoms with Crippen molar-refractivity contribution in [1.29, 1.82) is 0 Å². The van der Waals surface area contributed by atoms with Gasteiger partial charge in [-0.25, -0.2) is 4.68 Å². The second-order valence-corrected chi connectivity index (χ2v) is 9.95. The van der Waals surface area contributed by atoms with Gasteiger partial charge in [-0.2, -0.15) is 4.98 Å². The zero-order chi connectivity index (χ0) is 26.5. The number of ether oxygens (including phenoxy) is 2. The minimum atomic E-state index is -0.155. The maximum Gasteiger partial charge on any atom is 0.336 e. The number of hydrogen-bond acceptors (Lipinski definition) is 6. The predicted octanol–water partition coefficient (Wildman–Crippen LogP) is 7.19. The van der Waals surface area contributed by atoms with Crippen molar-refractivity contribution in [3.63, 3.8) is 0 Å². The quantitative estimate of drug-likeness (QED) is 0.205. The molecule has 0 aliphatic heterocycles. The molecule has 2 aromatic heterocycles. The fourth-order valence-corrected chi connectivity index (χ4v) is 4.61. The Hall–Kier alpha value is -3.85. The molecule has 0 saturated carbocycles. The minimum absolute atomic E-state index is 0.155. The van der Waals surface area contributed by atoms with Crippen molar-refractivity contribution in [1.82, 2.24) is 14.8 Å². The summed E-state index contributed by atoms with van der Waals surface area (Å²) < 4.78 is 12.8. The molecule has 0 atom stereocenters. The molecule has 10 heteroatoms. The number of nitrogens with zero attached hydrogens (tertiary/aromatic N) is 3. The Morgan fingerprint density at radius 1 is 1.00 bits per heavy atom. The van der Waals surface area contributed by atoms with Gasteiger partial charge in [-0.3, -0.25) is 4.79 Å². The first kappa shape index (κ1) is 25.8. The number of carbonyl (C=O) groups is 1. The number of aromatic nitrogens is 3. The summed E-state index contributed by atoms with van der Waals surface area (Å²) in [5, 5.41) is 10.2. The maximum absolute atomic E-state index is 12.4. The molecule has 5 rings (SSSR count). The van der Waals surface area contributed by atoms with Crippen LogP contribution in [0.3, 0.4) is 0 Å². The maximum atomic E-state index is 12.4. The predicted molar refractivity (Wildman–Crippen MR) is 151 cm³/mol. The molecule has 0 fully saturated rings. The Kier molecular flexibility index (Phi) is 7.93. The molecule has 5 aromatic rings. The molecule has 0 bridgehead atoms. The van der Waals surface area contributed by atoms with Crippen LogP contribution in [-0.2, 0) is 6.42 Å². The molecule has 0 aliphatic carbocycles. The highest BCUT2D eigenvalue weighted by atomic mass is 35.5. The lowest BCUT2D eigenvalue weighted by Crippen LogP contribution is -2.10. The monoisotopic (exact) mass is 564 g/mol. The van der Waals surface area contributed by atoms with Crippen molar-refractivity contribution >= 4 is 46.1 Å². The van der Waals surface area contributed by atoms with Crippen LogP contribution in [0, 0.1) is 0 Å². The number of methoxy groups -OCH3 is 1. The van der Waals surface area contributed by atoms with Crippen molar-refractivity contribution < 1.29 is 14.3 Å². The normalized spacial score (nSPS) is 10.8. The zero-order valence-corrected chi connectivity index (χ0v) is 22.6. The number of amides is 1. The van der Waals surface area contributed by atoms with Crippen LogP contribution in [-0.4, -0.2) is 34.4 Å². The molecule has 1 amide bonds. The van der Waals surface area contributed by atoms with Crippen LogP contribution in [0.25, 0.3) is 17.1 Å². The lowest BCUT2D eigenvalue weighted by molar-refractivity contribution is 0.103. The summed E-state index contributed by atoms with van der Waals surface area (Å²) in [5.74, 6) is 1.19. The number of benzene rings is 3. The Bertz CT molecular complexity index is 1540. The second-order valence-electron chi connectivity index (χ2n) is 8.18. The summed E-state index contributed by atoms with van der Waals surface area (Å²) in [7, 11) is 1.64. The van der Waals surface area contributed by atoms with Crippen molar-refractivity contribution in [3.8, 4) is 28.8 Å². The van der Waals surface area contributed by atoms with Gasteiger partial charge in [0.15, 0.2) is 5.82 Å². The molecule has 3 aromatic carbocycles. The van der Waals surface area contributed by atoms with Crippen LogP contribution < -0.4 is 14.8 Å². The van der Waals surface area contributed by atoms with Crippen molar-refractivity contribution in [2.45, 2.75) is 6.42 Å². The van der Waals surface area contributed by atoms with Gasteiger partial charge in [-0.05, 0) is 71.6 Å². The van der Waals surface area contributed by atoms with Crippen LogP contribution in [0.2, 0.25) is 10.0 Å². The Balaban J connectivity index is 1.37. The largest absolute Gasteiger partial charge is 0.497 e. The van der Waals surface area contributed by atoms with Gasteiger partial charge in [0.05, 0.1) is 34.3 Å². The van der Waals surface area contributed by atoms with E-state index in [1.54, 1.807) is 30.0 Å². The molecule has 0 radical (unpaired) electrons. The Morgan fingerprint density at radius 2 is 1.79 bits per heavy atom. The molecule has 38 heavy (non-hydrogen) atoms. The number of anilines is 1. The Labute approximate surface area is 233 Å². The van der Waals surface area contributed by atoms with Crippen molar-refractivity contribution in [2.75, 3.05) is 19.0 Å². The number of halogens is 2. The van der Waals surface area contributed by atoms with Crippen LogP contribution in [0.1, 0.15) is 15.2 Å². The average molecular weight is 565 g/mol. The first-order chi connectivity index (χ1) is 18.5. The molecule has 0 saturated heterocycles. The number of nitrogens with one attached hydrogen (secondary N) is 1. The van der Waals surface area contributed by atoms with Crippen LogP contribution in [0.4, 0.5) is 5.69 Å². The zero-order valence-electron chi connectivity index (χ0n) is 20.2. The van der Waals surface area contributed by atoms with Gasteiger partial charge in [-0.1, -0.05) is 41.4 Å². The van der Waals surface area contributed by atoms with Gasteiger partial charge in [0.2, 0.25) is 0 Å². The van der Waals surface area contributed by atoms with Gasteiger partial charge < -0.3 is 14.8 Å². The standard InChI is InChI=1S/C28H22Cl2N4O3S/c1-36-22-11-4-18(5-12-22)14-15-37-28-32-26(19-6-13-23(29)24(30)17-19)34(33-28)21-9-7-20(8-10-21)31-27(35)25-3-2-16-38-25/h2-13,16-17H,14-15H2,1H3,(H,31,35). The van der Waals surface area contributed by atoms with Gasteiger partial charge in [-0.15, -0.1) is 16.4 Å². The minimum Gasteiger partial charge on any atom is -0.497 e. The number of thiophene rings is 1. The first-order valence-electron chi connectivity index (χ1n) is 11.6. The lowest BCUT2D eigenvalue weighted by atomic mass is 10.1. The van der Waals surface area contributed by atoms with E-state index in [1.807, 2.05) is 66.0 Å². The van der Waals surface area contributed by atoms with E-state index in [-0.39, 0.29) is 11.9 Å². The average Bonchev–Trinajstić information content (AvgIpc) is 3.62. The summed E-state index contributed by atoms with van der Waals surface area (Å²) in [4.78, 5) is 17.7. The van der Waals surface area contributed by atoms with Gasteiger partial charge in [0.25, 0.3) is 5.91 Å². The molecule has 0 spiro atoms. The lowest BCUT2D eigenvalue weighted by Gasteiger charge is -2.08. The molecule has 0 unspecified atom stereocenters. The summed E-state index contributed by atoms with van der Waals surface area (Å²) in [5.41, 5.74) is 3.24.